The Bertz CT molecular complexity index is 2430. The molecule has 0 amide bonds. The molecule has 4 aromatic carbocycles. The van der Waals surface area contributed by atoms with Gasteiger partial charge in [0.05, 0.1) is 13.3 Å². The first-order valence-electron chi connectivity index (χ1n) is 19.0. The Morgan fingerprint density at radius 2 is 1.40 bits per heavy atom. The molecular formula is C48H52N4O2Pt. The van der Waals surface area contributed by atoms with Crippen LogP contribution in [0.1, 0.15) is 82.2 Å². The third kappa shape index (κ3) is 8.45. The molecule has 3 aromatic heterocycles. The van der Waals surface area contributed by atoms with Crippen LogP contribution in [0.25, 0.3) is 44.4 Å². The van der Waals surface area contributed by atoms with Crippen molar-refractivity contribution in [3.8, 4) is 39.9 Å². The average Bonchev–Trinajstić information content (AvgIpc) is 3.75. The molecule has 55 heavy (non-hydrogen) atoms. The molecule has 0 spiro atoms. The maximum Gasteiger partial charge on any atom is 2.00 e. The molecule has 7 rings (SSSR count). The van der Waals surface area contributed by atoms with Gasteiger partial charge in [0.1, 0.15) is 11.6 Å². The maximum absolute atomic E-state index is 6.47. The predicted octanol–water partition coefficient (Wildman–Crippen LogP) is 12.3. The number of fused-ring (bicyclic) bond motifs is 3. The van der Waals surface area contributed by atoms with Crippen molar-refractivity contribution >= 4 is 21.8 Å². The summed E-state index contributed by atoms with van der Waals surface area (Å²) >= 11 is 0. The molecule has 0 saturated carbocycles. The van der Waals surface area contributed by atoms with Gasteiger partial charge in [-0.05, 0) is 114 Å². The Balaban J connectivity index is 0.00000514. The van der Waals surface area contributed by atoms with Gasteiger partial charge in [0.15, 0.2) is 0 Å². The van der Waals surface area contributed by atoms with Crippen LogP contribution in [0.3, 0.4) is 0 Å². The summed E-state index contributed by atoms with van der Waals surface area (Å²) in [7, 11) is 1.67. The minimum atomic E-state index is 0. The third-order valence-electron chi connectivity index (χ3n) is 10.7. The molecular weight excluding hydrogens is 860 g/mol. The molecule has 0 unspecified atom stereocenters. The van der Waals surface area contributed by atoms with E-state index in [0.717, 1.165) is 70.3 Å². The number of hydrogen-bond acceptors (Lipinski definition) is 4. The van der Waals surface area contributed by atoms with Crippen molar-refractivity contribution in [1.29, 1.82) is 0 Å². The number of benzene rings is 4. The Kier molecular flexibility index (Phi) is 11.5. The van der Waals surface area contributed by atoms with Crippen molar-refractivity contribution in [3.63, 3.8) is 0 Å². The van der Waals surface area contributed by atoms with Gasteiger partial charge in [-0.15, -0.1) is 35.7 Å². The van der Waals surface area contributed by atoms with Crippen molar-refractivity contribution in [2.24, 2.45) is 10.8 Å². The predicted molar refractivity (Wildman–Crippen MR) is 222 cm³/mol. The van der Waals surface area contributed by atoms with E-state index >= 15 is 0 Å². The Hall–Kier alpha value is -4.67. The number of methoxy groups -OCH3 is 1. The normalized spacial score (nSPS) is 12.0. The number of hydrogen-bond donors (Lipinski definition) is 0. The molecule has 0 aliphatic rings. The number of para-hydroxylation sites is 1. The van der Waals surface area contributed by atoms with Gasteiger partial charge in [-0.1, -0.05) is 65.3 Å². The molecule has 0 N–H and O–H groups in total. The second kappa shape index (κ2) is 15.8. The summed E-state index contributed by atoms with van der Waals surface area (Å²) in [5.41, 5.74) is 12.8. The van der Waals surface area contributed by atoms with Crippen LogP contribution in [0.15, 0.2) is 85.3 Å². The van der Waals surface area contributed by atoms with E-state index in [1.165, 1.54) is 33.4 Å². The van der Waals surface area contributed by atoms with Gasteiger partial charge in [0.25, 0.3) is 0 Å². The van der Waals surface area contributed by atoms with E-state index in [1.807, 2.05) is 53.3 Å². The van der Waals surface area contributed by atoms with E-state index < -0.39 is 0 Å². The van der Waals surface area contributed by atoms with Crippen molar-refractivity contribution in [3.05, 3.63) is 125 Å². The summed E-state index contributed by atoms with van der Waals surface area (Å²) in [6, 6.07) is 29.1. The van der Waals surface area contributed by atoms with E-state index in [1.54, 1.807) is 13.3 Å². The topological polar surface area (TPSA) is 54.1 Å². The van der Waals surface area contributed by atoms with Gasteiger partial charge in [0, 0.05) is 41.0 Å². The number of ether oxygens (including phenoxy) is 2. The number of rotatable bonds is 10. The van der Waals surface area contributed by atoms with Gasteiger partial charge in [-0.3, -0.25) is 4.68 Å². The van der Waals surface area contributed by atoms with Crippen LogP contribution in [0.2, 0.25) is 0 Å². The van der Waals surface area contributed by atoms with E-state index in [2.05, 4.69) is 114 Å². The largest absolute Gasteiger partial charge is 2.00 e. The first-order valence-corrected chi connectivity index (χ1v) is 19.0. The van der Waals surface area contributed by atoms with Gasteiger partial charge in [-0.2, -0.15) is 17.2 Å². The fraction of sp³-hybridized carbons (Fsp3) is 0.333. The zero-order valence-electron chi connectivity index (χ0n) is 33.8. The second-order valence-electron chi connectivity index (χ2n) is 17.0. The molecule has 6 nitrogen and oxygen atoms in total. The molecule has 7 aromatic rings. The Morgan fingerprint density at radius 3 is 2.07 bits per heavy atom. The average molecular weight is 912 g/mol. The number of aromatic nitrogens is 4. The van der Waals surface area contributed by atoms with Crippen molar-refractivity contribution < 1.29 is 30.5 Å². The minimum Gasteiger partial charge on any atom is -0.509 e. The molecule has 0 aliphatic heterocycles. The van der Waals surface area contributed by atoms with E-state index in [-0.39, 0.29) is 31.9 Å². The van der Waals surface area contributed by atoms with E-state index in [9.17, 15) is 0 Å². The van der Waals surface area contributed by atoms with Gasteiger partial charge < -0.3 is 14.0 Å². The van der Waals surface area contributed by atoms with Crippen molar-refractivity contribution in [1.82, 2.24) is 19.3 Å². The first-order chi connectivity index (χ1) is 25.7. The summed E-state index contributed by atoms with van der Waals surface area (Å²) in [5.74, 6) is 2.66. The van der Waals surface area contributed by atoms with E-state index in [0.29, 0.717) is 11.5 Å². The van der Waals surface area contributed by atoms with Crippen LogP contribution >= 0.6 is 0 Å². The summed E-state index contributed by atoms with van der Waals surface area (Å²) in [6.07, 6.45) is 10.2. The van der Waals surface area contributed by atoms with Crippen LogP contribution in [-0.4, -0.2) is 26.4 Å². The molecule has 7 heteroatoms. The second-order valence-corrected chi connectivity index (χ2v) is 17.0. The quantitative estimate of drug-likeness (QED) is 0.128. The van der Waals surface area contributed by atoms with Crippen LogP contribution in [0, 0.1) is 43.7 Å². The third-order valence-corrected chi connectivity index (χ3v) is 10.7. The summed E-state index contributed by atoms with van der Waals surface area (Å²) in [4.78, 5) is 4.69. The van der Waals surface area contributed by atoms with Gasteiger partial charge >= 0.3 is 21.1 Å². The summed E-state index contributed by atoms with van der Waals surface area (Å²) in [6.45, 7) is 20.9. The van der Waals surface area contributed by atoms with Crippen LogP contribution in [0.5, 0.6) is 17.2 Å². The first kappa shape index (κ1) is 40.0. The Labute approximate surface area is 341 Å². The maximum atomic E-state index is 6.47. The Morgan fingerprint density at radius 1 is 0.727 bits per heavy atom. The zero-order chi connectivity index (χ0) is 38.4. The smallest absolute Gasteiger partial charge is 0.509 e. The van der Waals surface area contributed by atoms with Crippen molar-refractivity contribution in [2.75, 3.05) is 7.11 Å². The molecule has 0 bridgehead atoms. The fourth-order valence-corrected chi connectivity index (χ4v) is 7.42. The number of nitrogens with zero attached hydrogens (tertiary/aromatic N) is 4. The minimum absolute atomic E-state index is 0. The molecule has 0 fully saturated rings. The van der Waals surface area contributed by atoms with Crippen LogP contribution < -0.4 is 9.47 Å². The standard InChI is InChI=1S/C48H52N4O2.Pt/c1-31-32(2)39(20-23-47(4,5)6)46(40(33(31)3)21-24-48(7,8)9)34-29-50-51(30-34)35-14-13-15-37(26-35)54-38-18-19-42-41-16-11-12-17-43(41)52(44(42)27-38)45-28-36(53-10)22-25-49-45;/h11-19,22,25,28-30H,20-21,23-24H2,1-10H3;/q-2;+2. The van der Waals surface area contributed by atoms with Crippen molar-refractivity contribution in [2.45, 2.75) is 88.0 Å². The van der Waals surface area contributed by atoms with E-state index in [4.69, 9.17) is 14.6 Å². The fourth-order valence-electron chi connectivity index (χ4n) is 7.42. The molecule has 286 valence electrons. The van der Waals surface area contributed by atoms with Gasteiger partial charge in [0.2, 0.25) is 0 Å². The monoisotopic (exact) mass is 911 g/mol. The molecule has 0 radical (unpaired) electrons. The SMILES string of the molecule is COc1ccnc(-n2c3[c-]c(Oc4[c-]c(-n5cc(-c6c(CCC(C)(C)C)c(C)c(C)c(C)c6CCC(C)(C)C)cn5)ccc4)ccc3c3ccccc32)c1.[Pt+2]. The molecule has 3 heterocycles. The zero-order valence-corrected chi connectivity index (χ0v) is 36.1. The summed E-state index contributed by atoms with van der Waals surface area (Å²) in [5, 5.41) is 7.10. The molecule has 0 aliphatic carbocycles. The molecule has 0 saturated heterocycles. The van der Waals surface area contributed by atoms with Crippen LogP contribution in [0.4, 0.5) is 0 Å². The van der Waals surface area contributed by atoms with Crippen LogP contribution in [-0.2, 0) is 33.9 Å². The number of pyridine rings is 1. The molecule has 0 atom stereocenters. The van der Waals surface area contributed by atoms with Gasteiger partial charge in [-0.25, -0.2) is 4.98 Å². The summed E-state index contributed by atoms with van der Waals surface area (Å²) < 4.78 is 16.0.